The number of likely N-dealkylation sites (tertiary alicyclic amines) is 1. The van der Waals surface area contributed by atoms with Crippen molar-refractivity contribution in [2.24, 2.45) is 5.73 Å². The molecule has 0 unspecified atom stereocenters. The third-order valence-electron chi connectivity index (χ3n) is 6.86. The predicted octanol–water partition coefficient (Wildman–Crippen LogP) is 1.71. The molecule has 1 saturated carbocycles. The summed E-state index contributed by atoms with van der Waals surface area (Å²) >= 11 is 0. The summed E-state index contributed by atoms with van der Waals surface area (Å²) in [5.74, 6) is -1.62. The van der Waals surface area contributed by atoms with Crippen LogP contribution >= 0.6 is 0 Å². The molecule has 0 radical (unpaired) electrons. The molecule has 2 aromatic rings. The summed E-state index contributed by atoms with van der Waals surface area (Å²) in [4.78, 5) is 52.9. The maximum absolute atomic E-state index is 13.5. The van der Waals surface area contributed by atoms with Crippen molar-refractivity contribution in [2.75, 3.05) is 6.54 Å². The second-order valence-electron chi connectivity index (χ2n) is 9.42. The molecule has 1 aliphatic carbocycles. The summed E-state index contributed by atoms with van der Waals surface area (Å²) in [7, 11) is 0. The van der Waals surface area contributed by atoms with Crippen molar-refractivity contribution in [1.82, 2.24) is 20.9 Å². The van der Waals surface area contributed by atoms with E-state index in [1.165, 1.54) is 23.7 Å². The highest BCUT2D eigenvalue weighted by Crippen LogP contribution is 2.23. The number of primary amides is 1. The molecule has 0 bridgehead atoms. The first kappa shape index (κ1) is 25.3. The van der Waals surface area contributed by atoms with Crippen LogP contribution in [0.5, 0.6) is 0 Å². The van der Waals surface area contributed by atoms with Crippen molar-refractivity contribution < 1.29 is 23.6 Å². The largest absolute Gasteiger partial charge is 0.459 e. The minimum Gasteiger partial charge on any atom is -0.459 e. The van der Waals surface area contributed by atoms with Crippen LogP contribution in [-0.2, 0) is 16.0 Å². The van der Waals surface area contributed by atoms with E-state index >= 15 is 0 Å². The number of hydrogen-bond donors (Lipinski definition) is 4. The van der Waals surface area contributed by atoms with Crippen LogP contribution in [0.1, 0.15) is 54.6 Å². The third kappa shape index (κ3) is 6.24. The predicted molar refractivity (Wildman–Crippen MR) is 132 cm³/mol. The molecular formula is C26H33N5O5. The van der Waals surface area contributed by atoms with Gasteiger partial charge in [-0.3, -0.25) is 14.4 Å². The first-order valence-corrected chi connectivity index (χ1v) is 12.5. The quantitative estimate of drug-likeness (QED) is 0.440. The Morgan fingerprint density at radius 3 is 2.39 bits per heavy atom. The van der Waals surface area contributed by atoms with Crippen LogP contribution in [0.4, 0.5) is 4.79 Å². The van der Waals surface area contributed by atoms with E-state index in [1.807, 2.05) is 30.3 Å². The van der Waals surface area contributed by atoms with Gasteiger partial charge in [0.1, 0.15) is 12.1 Å². The van der Waals surface area contributed by atoms with Gasteiger partial charge in [0.2, 0.25) is 11.8 Å². The number of benzene rings is 1. The summed E-state index contributed by atoms with van der Waals surface area (Å²) in [6, 6.07) is 9.40. The highest BCUT2D eigenvalue weighted by molar-refractivity contribution is 5.97. The van der Waals surface area contributed by atoms with Gasteiger partial charge >= 0.3 is 6.03 Å². The molecule has 10 nitrogen and oxygen atoms in total. The van der Waals surface area contributed by atoms with E-state index in [9.17, 15) is 19.2 Å². The monoisotopic (exact) mass is 495 g/mol. The number of furan rings is 1. The van der Waals surface area contributed by atoms with Crippen molar-refractivity contribution >= 4 is 23.8 Å². The van der Waals surface area contributed by atoms with E-state index in [0.717, 1.165) is 31.2 Å². The summed E-state index contributed by atoms with van der Waals surface area (Å²) in [6.45, 7) is 0.242. The number of nitrogens with two attached hydrogens (primary N) is 1. The lowest BCUT2D eigenvalue weighted by Crippen LogP contribution is -2.59. The van der Waals surface area contributed by atoms with Gasteiger partial charge in [0.25, 0.3) is 5.91 Å². The van der Waals surface area contributed by atoms with E-state index < -0.39 is 35.8 Å². The van der Waals surface area contributed by atoms with Gasteiger partial charge in [0.15, 0.2) is 5.76 Å². The first-order valence-electron chi connectivity index (χ1n) is 12.5. The second-order valence-corrected chi connectivity index (χ2v) is 9.42. The fourth-order valence-corrected chi connectivity index (χ4v) is 5.01. The average Bonchev–Trinajstić information content (AvgIpc) is 3.55. The van der Waals surface area contributed by atoms with Crippen LogP contribution in [0.25, 0.3) is 0 Å². The minimum absolute atomic E-state index is 0.0934. The van der Waals surface area contributed by atoms with Crippen LogP contribution in [-0.4, -0.2) is 59.4 Å². The smallest absolute Gasteiger partial charge is 0.315 e. The maximum Gasteiger partial charge on any atom is 0.315 e. The highest BCUT2D eigenvalue weighted by atomic mass is 16.3. The lowest BCUT2D eigenvalue weighted by Gasteiger charge is -2.29. The summed E-state index contributed by atoms with van der Waals surface area (Å²) < 4.78 is 5.25. The molecule has 1 aromatic heterocycles. The molecule has 36 heavy (non-hydrogen) atoms. The molecule has 0 spiro atoms. The SMILES string of the molecule is NC(=O)[C@@H](Cc1ccccc1)NC(=O)[C@@H]1[C@@H](NC(=O)NC2CCCCC2)CCN1C(=O)c1ccco1. The number of carbonyl (C=O) groups excluding carboxylic acids is 4. The van der Waals surface area contributed by atoms with Crippen LogP contribution in [0.15, 0.2) is 53.1 Å². The number of carbonyl (C=O) groups is 4. The van der Waals surface area contributed by atoms with Gasteiger partial charge in [-0.15, -0.1) is 0 Å². The molecule has 1 aromatic carbocycles. The number of hydrogen-bond acceptors (Lipinski definition) is 5. The van der Waals surface area contributed by atoms with Crippen molar-refractivity contribution in [3.8, 4) is 0 Å². The molecule has 192 valence electrons. The zero-order valence-electron chi connectivity index (χ0n) is 20.2. The molecule has 1 saturated heterocycles. The Morgan fingerprint density at radius 2 is 1.72 bits per heavy atom. The third-order valence-corrected chi connectivity index (χ3v) is 6.86. The van der Waals surface area contributed by atoms with E-state index in [4.69, 9.17) is 10.2 Å². The Bertz CT molecular complexity index is 1050. The van der Waals surface area contributed by atoms with Gasteiger partial charge in [-0.1, -0.05) is 49.6 Å². The highest BCUT2D eigenvalue weighted by Gasteiger charge is 2.44. The molecule has 5 amide bonds. The molecule has 3 atom stereocenters. The Hall–Kier alpha value is -3.82. The van der Waals surface area contributed by atoms with Gasteiger partial charge in [0, 0.05) is 19.0 Å². The van der Waals surface area contributed by atoms with Gasteiger partial charge in [-0.2, -0.15) is 0 Å². The number of amides is 5. The molecule has 2 heterocycles. The van der Waals surface area contributed by atoms with Crippen LogP contribution in [0.2, 0.25) is 0 Å². The number of urea groups is 1. The number of nitrogens with one attached hydrogen (secondary N) is 3. The fourth-order valence-electron chi connectivity index (χ4n) is 5.01. The standard InChI is InChI=1S/C26H33N5O5/c27-23(32)20(16-17-8-3-1-4-9-17)29-24(33)22-19(30-26(35)28-18-10-5-2-6-11-18)13-14-31(22)25(34)21-12-7-15-36-21/h1,3-4,7-9,12,15,18-20,22H,2,5-6,10-11,13-14,16H2,(H2,27,32)(H,29,33)(H2,28,30,35)/t19-,20+,22-/m0/s1. The number of nitrogens with zero attached hydrogens (tertiary/aromatic N) is 1. The molecule has 1 aliphatic heterocycles. The van der Waals surface area contributed by atoms with Gasteiger partial charge in [-0.05, 0) is 37.0 Å². The number of rotatable bonds is 8. The van der Waals surface area contributed by atoms with E-state index in [1.54, 1.807) is 6.07 Å². The maximum atomic E-state index is 13.5. The Kier molecular flexibility index (Phi) is 8.24. The average molecular weight is 496 g/mol. The minimum atomic E-state index is -1.03. The Morgan fingerprint density at radius 1 is 0.972 bits per heavy atom. The first-order chi connectivity index (χ1) is 17.4. The molecular weight excluding hydrogens is 462 g/mol. The van der Waals surface area contributed by atoms with Gasteiger partial charge in [0.05, 0.1) is 12.3 Å². The van der Waals surface area contributed by atoms with Gasteiger partial charge in [-0.25, -0.2) is 4.79 Å². The van der Waals surface area contributed by atoms with Gasteiger partial charge < -0.3 is 31.0 Å². The fraction of sp³-hybridized carbons (Fsp3) is 0.462. The molecule has 2 aliphatic rings. The molecule has 10 heteroatoms. The zero-order valence-corrected chi connectivity index (χ0v) is 20.2. The van der Waals surface area contributed by atoms with E-state index in [2.05, 4.69) is 16.0 Å². The summed E-state index contributed by atoms with van der Waals surface area (Å²) in [5.41, 5.74) is 6.43. The molecule has 5 N–H and O–H groups in total. The topological polar surface area (TPSA) is 147 Å². The Balaban J connectivity index is 1.49. The van der Waals surface area contributed by atoms with E-state index in [-0.39, 0.29) is 30.8 Å². The van der Waals surface area contributed by atoms with Crippen molar-refractivity contribution in [3.05, 3.63) is 60.1 Å². The van der Waals surface area contributed by atoms with E-state index in [0.29, 0.717) is 6.42 Å². The normalized spacial score (nSPS) is 20.9. The van der Waals surface area contributed by atoms with Crippen LogP contribution in [0.3, 0.4) is 0 Å². The van der Waals surface area contributed by atoms with Crippen molar-refractivity contribution in [3.63, 3.8) is 0 Å². The summed E-state index contributed by atoms with van der Waals surface area (Å²) in [5, 5.41) is 8.59. The lowest BCUT2D eigenvalue weighted by molar-refractivity contribution is -0.130. The molecule has 4 rings (SSSR count). The molecule has 2 fully saturated rings. The van der Waals surface area contributed by atoms with Crippen LogP contribution in [0, 0.1) is 0 Å². The van der Waals surface area contributed by atoms with Crippen LogP contribution < -0.4 is 21.7 Å². The van der Waals surface area contributed by atoms with Crippen molar-refractivity contribution in [1.29, 1.82) is 0 Å². The zero-order chi connectivity index (χ0) is 25.5. The van der Waals surface area contributed by atoms with Crippen molar-refractivity contribution in [2.45, 2.75) is 69.1 Å². The summed E-state index contributed by atoms with van der Waals surface area (Å²) in [6.07, 6.45) is 7.12. The Labute approximate surface area is 210 Å². The second kappa shape index (κ2) is 11.7. The lowest BCUT2D eigenvalue weighted by atomic mass is 9.96.